The van der Waals surface area contributed by atoms with Crippen LogP contribution in [0.3, 0.4) is 0 Å². The van der Waals surface area contributed by atoms with Gasteiger partial charge in [-0.25, -0.2) is 0 Å². The van der Waals surface area contributed by atoms with E-state index in [4.69, 9.17) is 16.3 Å². The summed E-state index contributed by atoms with van der Waals surface area (Å²) in [6.45, 7) is -0.0326. The maximum Gasteiger partial charge on any atom is 1.00 e. The van der Waals surface area contributed by atoms with Crippen LogP contribution < -0.4 is 40.0 Å². The average molecular weight is 537 g/mol. The third kappa shape index (κ3) is 6.79. The maximum absolute atomic E-state index is 12.7. The second kappa shape index (κ2) is 12.8. The predicted molar refractivity (Wildman–Crippen MR) is 129 cm³/mol. The SMILES string of the molecule is O=C(CSc1cccc(Cl)c1)N[C@@H]1C(=O)N2C(C(=O)[O-])=C(OCC#Cc3ccccc3)CS[C@@H]12.[Na+]. The molecule has 2 aromatic carbocycles. The van der Waals surface area contributed by atoms with Crippen LogP contribution in [0.4, 0.5) is 0 Å². The zero-order valence-electron chi connectivity index (χ0n) is 18.7. The van der Waals surface area contributed by atoms with Crippen LogP contribution in [0.25, 0.3) is 0 Å². The first-order chi connectivity index (χ1) is 16.4. The van der Waals surface area contributed by atoms with Crippen molar-refractivity contribution in [1.82, 2.24) is 10.2 Å². The Bertz CT molecular complexity index is 1220. The van der Waals surface area contributed by atoms with E-state index in [1.807, 2.05) is 36.4 Å². The van der Waals surface area contributed by atoms with E-state index < -0.39 is 23.3 Å². The van der Waals surface area contributed by atoms with Gasteiger partial charge in [-0.1, -0.05) is 47.7 Å². The molecule has 2 aromatic rings. The maximum atomic E-state index is 12.7. The molecule has 0 aliphatic carbocycles. The van der Waals surface area contributed by atoms with Gasteiger partial charge in [-0.2, -0.15) is 0 Å². The normalized spacial score (nSPS) is 18.3. The van der Waals surface area contributed by atoms with Gasteiger partial charge in [-0.05, 0) is 30.3 Å². The molecule has 0 spiro atoms. The Hall–Kier alpha value is -2.06. The van der Waals surface area contributed by atoms with Crippen LogP contribution in [0, 0.1) is 11.8 Å². The number of aliphatic carboxylic acids is 1. The number of amides is 2. The van der Waals surface area contributed by atoms with E-state index in [1.54, 1.807) is 18.2 Å². The molecule has 0 aromatic heterocycles. The summed E-state index contributed by atoms with van der Waals surface area (Å²) in [5.74, 6) is 3.83. The first-order valence-corrected chi connectivity index (χ1v) is 12.6. The zero-order valence-corrected chi connectivity index (χ0v) is 23.0. The van der Waals surface area contributed by atoms with Crippen molar-refractivity contribution in [2.24, 2.45) is 0 Å². The van der Waals surface area contributed by atoms with Gasteiger partial charge < -0.3 is 20.0 Å². The van der Waals surface area contributed by atoms with E-state index in [0.29, 0.717) is 5.02 Å². The number of hydrogen-bond donors (Lipinski definition) is 1. The first-order valence-electron chi connectivity index (χ1n) is 10.2. The van der Waals surface area contributed by atoms with Crippen LogP contribution in [-0.4, -0.2) is 52.2 Å². The van der Waals surface area contributed by atoms with Gasteiger partial charge in [0.25, 0.3) is 5.91 Å². The molecule has 1 N–H and O–H groups in total. The molecule has 7 nitrogen and oxygen atoms in total. The largest absolute Gasteiger partial charge is 1.00 e. The quantitative estimate of drug-likeness (QED) is 0.207. The third-order valence-corrected chi connectivity index (χ3v) is 7.42. The molecule has 2 aliphatic heterocycles. The van der Waals surface area contributed by atoms with Crippen LogP contribution in [-0.2, 0) is 19.1 Å². The monoisotopic (exact) mass is 536 g/mol. The Balaban J connectivity index is 0.00000342. The van der Waals surface area contributed by atoms with Crippen molar-refractivity contribution < 1.29 is 53.8 Å². The fourth-order valence-electron chi connectivity index (χ4n) is 3.39. The van der Waals surface area contributed by atoms with Gasteiger partial charge in [-0.15, -0.1) is 23.5 Å². The molecular weight excluding hydrogens is 519 g/mol. The standard InChI is InChI=1S/C24H19ClN2O5S2.Na/c25-16-9-4-10-17(12-16)33-14-19(28)26-20-22(29)27-21(24(30)31)18(13-34-23(20)27)32-11-5-8-15-6-2-1-3-7-15;/h1-4,6-7,9-10,12,20,23H,11,13-14H2,(H,26,28)(H,30,31);/q;+1/p-1/t20-,23+;/m1./s1. The number of hydrogen-bond acceptors (Lipinski definition) is 7. The Morgan fingerprint density at radius 3 is 2.71 bits per heavy atom. The number of rotatable bonds is 7. The van der Waals surface area contributed by atoms with Crippen molar-refractivity contribution in [3.63, 3.8) is 0 Å². The minimum absolute atomic E-state index is 0. The molecule has 2 aliphatic rings. The van der Waals surface area contributed by atoms with Crippen molar-refractivity contribution >= 4 is 52.9 Å². The summed E-state index contributed by atoms with van der Waals surface area (Å²) in [7, 11) is 0. The van der Waals surface area contributed by atoms with E-state index in [2.05, 4.69) is 17.2 Å². The van der Waals surface area contributed by atoms with Gasteiger partial charge in [0.05, 0.1) is 17.5 Å². The van der Waals surface area contributed by atoms with Gasteiger partial charge in [0, 0.05) is 15.5 Å². The molecule has 1 saturated heterocycles. The number of β-lactam (4-membered cyclic amide) rings is 1. The summed E-state index contributed by atoms with van der Waals surface area (Å²) in [4.78, 5) is 38.8. The number of halogens is 1. The Morgan fingerprint density at radius 2 is 2.00 bits per heavy atom. The van der Waals surface area contributed by atoms with Crippen molar-refractivity contribution in [3.05, 3.63) is 76.6 Å². The third-order valence-electron chi connectivity index (χ3n) is 4.93. The second-order valence-electron chi connectivity index (χ2n) is 7.22. The van der Waals surface area contributed by atoms with Crippen LogP contribution in [0.2, 0.25) is 5.02 Å². The topological polar surface area (TPSA) is 98.8 Å². The number of fused-ring (bicyclic) bond motifs is 1. The van der Waals surface area contributed by atoms with Crippen LogP contribution >= 0.6 is 35.1 Å². The van der Waals surface area contributed by atoms with Gasteiger partial charge in [0.2, 0.25) is 5.91 Å². The molecule has 11 heteroatoms. The number of thioether (sulfide) groups is 2. The van der Waals surface area contributed by atoms with Gasteiger partial charge in [0.1, 0.15) is 29.5 Å². The Labute approximate surface area is 238 Å². The average Bonchev–Trinajstić information content (AvgIpc) is 2.84. The van der Waals surface area contributed by atoms with E-state index in [1.165, 1.54) is 23.5 Å². The number of carboxylic acid groups (broad SMARTS) is 1. The molecule has 1 fully saturated rings. The zero-order chi connectivity index (χ0) is 24.1. The Kier molecular flexibility index (Phi) is 10.0. The van der Waals surface area contributed by atoms with E-state index in [9.17, 15) is 19.5 Å². The molecule has 0 bridgehead atoms. The van der Waals surface area contributed by atoms with Crippen molar-refractivity contribution in [2.75, 3.05) is 18.1 Å². The van der Waals surface area contributed by atoms with E-state index >= 15 is 0 Å². The second-order valence-corrected chi connectivity index (χ2v) is 9.81. The molecule has 0 saturated carbocycles. The van der Waals surface area contributed by atoms with E-state index in [-0.39, 0.29) is 65.0 Å². The van der Waals surface area contributed by atoms with Gasteiger partial charge in [-0.3, -0.25) is 14.5 Å². The molecule has 35 heavy (non-hydrogen) atoms. The first kappa shape index (κ1) is 27.5. The summed E-state index contributed by atoms with van der Waals surface area (Å²) in [5.41, 5.74) is 0.498. The van der Waals surface area contributed by atoms with Crippen LogP contribution in [0.5, 0.6) is 0 Å². The minimum atomic E-state index is -1.51. The van der Waals surface area contributed by atoms with Crippen LogP contribution in [0.1, 0.15) is 5.56 Å². The van der Waals surface area contributed by atoms with Crippen molar-refractivity contribution in [1.29, 1.82) is 0 Å². The molecule has 2 amide bonds. The van der Waals surface area contributed by atoms with Gasteiger partial charge in [0.15, 0.2) is 0 Å². The number of carbonyl (C=O) groups excluding carboxylic acids is 3. The summed E-state index contributed by atoms with van der Waals surface area (Å²) in [5, 5.41) is 14.5. The molecule has 174 valence electrons. The Morgan fingerprint density at radius 1 is 1.23 bits per heavy atom. The number of nitrogens with one attached hydrogen (secondary N) is 1. The molecule has 0 unspecified atom stereocenters. The smallest absolute Gasteiger partial charge is 0.543 e. The fraction of sp³-hybridized carbons (Fsp3) is 0.208. The molecule has 0 radical (unpaired) electrons. The molecule has 2 heterocycles. The van der Waals surface area contributed by atoms with Crippen molar-refractivity contribution in [3.8, 4) is 11.8 Å². The summed E-state index contributed by atoms with van der Waals surface area (Å²) in [6.07, 6.45) is 0. The van der Waals surface area contributed by atoms with Crippen molar-refractivity contribution in [2.45, 2.75) is 16.3 Å². The number of nitrogens with zero attached hydrogens (tertiary/aromatic N) is 1. The van der Waals surface area contributed by atoms with Gasteiger partial charge >= 0.3 is 29.6 Å². The molecular formula is C24H18ClN2NaO5S2. The minimum Gasteiger partial charge on any atom is -0.543 e. The summed E-state index contributed by atoms with van der Waals surface area (Å²) in [6, 6.07) is 15.6. The molecule has 4 rings (SSSR count). The number of carboxylic acids is 1. The number of carbonyl (C=O) groups is 3. The van der Waals surface area contributed by atoms with E-state index in [0.717, 1.165) is 15.4 Å². The summed E-state index contributed by atoms with van der Waals surface area (Å²) >= 11 is 8.55. The molecule has 2 atom stereocenters. The number of benzene rings is 2. The fourth-order valence-corrected chi connectivity index (χ4v) is 5.69. The van der Waals surface area contributed by atoms with Crippen LogP contribution in [0.15, 0.2) is 70.9 Å². The summed E-state index contributed by atoms with van der Waals surface area (Å²) < 4.78 is 5.56. The predicted octanol–water partition coefficient (Wildman–Crippen LogP) is -1.13. The number of ether oxygens (including phenoxy) is 1.